The molecule has 2 aliphatic heterocycles. The largest absolute Gasteiger partial charge is 0.342 e. The van der Waals surface area contributed by atoms with Gasteiger partial charge in [-0.1, -0.05) is 24.3 Å². The molecular weight excluding hydrogens is 274 g/mol. The molecule has 22 heavy (non-hydrogen) atoms. The van der Waals surface area contributed by atoms with Crippen LogP contribution in [-0.2, 0) is 0 Å². The number of aryl methyl sites for hydroxylation is 1. The third-order valence-corrected chi connectivity index (χ3v) is 4.91. The van der Waals surface area contributed by atoms with Gasteiger partial charge >= 0.3 is 0 Å². The molecule has 4 heteroatoms. The Morgan fingerprint density at radius 1 is 1.18 bits per heavy atom. The molecular formula is C18H15N3O. The first kappa shape index (κ1) is 12.0. The van der Waals surface area contributed by atoms with Crippen LogP contribution >= 0.6 is 0 Å². The number of amides is 1. The monoisotopic (exact) mass is 289 g/mol. The molecule has 0 radical (unpaired) electrons. The minimum Gasteiger partial charge on any atom is -0.342 e. The van der Waals surface area contributed by atoms with Crippen molar-refractivity contribution >= 4 is 16.9 Å². The van der Waals surface area contributed by atoms with Crippen molar-refractivity contribution in [3.05, 3.63) is 65.0 Å². The van der Waals surface area contributed by atoms with Crippen LogP contribution in [0.2, 0.25) is 0 Å². The molecule has 108 valence electrons. The molecule has 1 N–H and O–H groups in total. The van der Waals surface area contributed by atoms with Gasteiger partial charge in [-0.15, -0.1) is 0 Å². The lowest BCUT2D eigenvalue weighted by atomic mass is 9.94. The maximum atomic E-state index is 12.5. The van der Waals surface area contributed by atoms with Gasteiger partial charge in [0, 0.05) is 5.56 Å². The highest BCUT2D eigenvalue weighted by atomic mass is 16.1. The van der Waals surface area contributed by atoms with Crippen LogP contribution in [0.5, 0.6) is 0 Å². The van der Waals surface area contributed by atoms with Crippen molar-refractivity contribution in [2.24, 2.45) is 0 Å². The number of hydrogen-bond acceptors (Lipinski definition) is 2. The summed E-state index contributed by atoms with van der Waals surface area (Å²) >= 11 is 0. The van der Waals surface area contributed by atoms with Gasteiger partial charge < -0.3 is 9.88 Å². The van der Waals surface area contributed by atoms with Crippen LogP contribution in [0.4, 0.5) is 0 Å². The SMILES string of the molecule is Cc1cccc2c1C1CC(NC2=O)c2nc3ccccc3n21. The number of aromatic nitrogens is 2. The highest BCUT2D eigenvalue weighted by Crippen LogP contribution is 2.44. The second kappa shape index (κ2) is 3.97. The van der Waals surface area contributed by atoms with Crippen LogP contribution in [0.15, 0.2) is 42.5 Å². The van der Waals surface area contributed by atoms with Crippen LogP contribution in [0.25, 0.3) is 11.0 Å². The Balaban J connectivity index is 1.87. The maximum absolute atomic E-state index is 12.5. The van der Waals surface area contributed by atoms with Gasteiger partial charge in [0.2, 0.25) is 0 Å². The van der Waals surface area contributed by atoms with Crippen molar-refractivity contribution in [2.45, 2.75) is 25.4 Å². The standard InChI is InChI=1S/C18H15N3O/c1-10-5-4-6-11-16(10)15-9-13(20-18(11)22)17-19-12-7-2-3-8-14(12)21(15)17/h2-8,13,15H,9H2,1H3,(H,20,22). The molecule has 0 saturated carbocycles. The molecule has 0 spiro atoms. The predicted molar refractivity (Wildman–Crippen MR) is 83.9 cm³/mol. The lowest BCUT2D eigenvalue weighted by molar-refractivity contribution is 0.0938. The topological polar surface area (TPSA) is 46.9 Å². The van der Waals surface area contributed by atoms with Crippen LogP contribution in [0.1, 0.15) is 45.8 Å². The Morgan fingerprint density at radius 3 is 2.95 bits per heavy atom. The molecule has 3 aromatic rings. The van der Waals surface area contributed by atoms with Crippen LogP contribution in [0, 0.1) is 6.92 Å². The van der Waals surface area contributed by atoms with E-state index in [9.17, 15) is 4.79 Å². The number of carbonyl (C=O) groups is 1. The average Bonchev–Trinajstić information content (AvgIpc) is 3.00. The van der Waals surface area contributed by atoms with Crippen LogP contribution < -0.4 is 5.32 Å². The van der Waals surface area contributed by atoms with E-state index in [1.165, 1.54) is 5.56 Å². The van der Waals surface area contributed by atoms with Gasteiger partial charge in [0.25, 0.3) is 5.91 Å². The molecule has 2 aromatic carbocycles. The summed E-state index contributed by atoms with van der Waals surface area (Å²) < 4.78 is 2.31. The highest BCUT2D eigenvalue weighted by molar-refractivity contribution is 5.97. The Bertz CT molecular complexity index is 941. The third kappa shape index (κ3) is 1.37. The maximum Gasteiger partial charge on any atom is 0.252 e. The molecule has 2 aliphatic rings. The first-order valence-electron chi connectivity index (χ1n) is 7.61. The fourth-order valence-corrected chi connectivity index (χ4v) is 4.00. The molecule has 0 saturated heterocycles. The van der Waals surface area contributed by atoms with E-state index in [0.29, 0.717) is 0 Å². The molecule has 1 aromatic heterocycles. The summed E-state index contributed by atoms with van der Waals surface area (Å²) in [6, 6.07) is 14.4. The number of nitrogens with zero attached hydrogens (tertiary/aromatic N) is 2. The van der Waals surface area contributed by atoms with E-state index < -0.39 is 0 Å². The Hall–Kier alpha value is -2.62. The van der Waals surface area contributed by atoms with E-state index in [0.717, 1.165) is 34.4 Å². The minimum absolute atomic E-state index is 0.00306. The summed E-state index contributed by atoms with van der Waals surface area (Å²) in [4.78, 5) is 17.3. The Labute approximate surface area is 127 Å². The summed E-state index contributed by atoms with van der Waals surface area (Å²) in [5.41, 5.74) is 5.26. The van der Waals surface area contributed by atoms with Gasteiger partial charge in [0.1, 0.15) is 5.82 Å². The summed E-state index contributed by atoms with van der Waals surface area (Å²) in [5.74, 6) is 0.998. The predicted octanol–water partition coefficient (Wildman–Crippen LogP) is 3.12. The number of hydrogen-bond donors (Lipinski definition) is 1. The zero-order chi connectivity index (χ0) is 14.8. The second-order valence-electron chi connectivity index (χ2n) is 6.14. The third-order valence-electron chi connectivity index (χ3n) is 4.91. The van der Waals surface area contributed by atoms with Gasteiger partial charge in [-0.3, -0.25) is 4.79 Å². The average molecular weight is 289 g/mol. The molecule has 5 rings (SSSR count). The van der Waals surface area contributed by atoms with Crippen molar-refractivity contribution in [3.8, 4) is 0 Å². The number of carbonyl (C=O) groups excluding carboxylic acids is 1. The second-order valence-corrected chi connectivity index (χ2v) is 6.14. The van der Waals surface area contributed by atoms with E-state index >= 15 is 0 Å². The highest BCUT2D eigenvalue weighted by Gasteiger charge is 2.40. The summed E-state index contributed by atoms with van der Waals surface area (Å²) in [6.45, 7) is 2.09. The molecule has 1 amide bonds. The number of benzene rings is 2. The van der Waals surface area contributed by atoms with Crippen molar-refractivity contribution in [2.75, 3.05) is 0 Å². The number of rotatable bonds is 0. The zero-order valence-corrected chi connectivity index (χ0v) is 12.2. The number of para-hydroxylation sites is 2. The molecule has 2 bridgehead atoms. The number of nitrogens with one attached hydrogen (secondary N) is 1. The Kier molecular flexibility index (Phi) is 2.16. The van der Waals surface area contributed by atoms with Crippen molar-refractivity contribution in [3.63, 3.8) is 0 Å². The van der Waals surface area contributed by atoms with E-state index in [2.05, 4.69) is 28.9 Å². The lowest BCUT2D eigenvalue weighted by Crippen LogP contribution is -2.28. The molecule has 4 nitrogen and oxygen atoms in total. The van der Waals surface area contributed by atoms with E-state index in [4.69, 9.17) is 4.98 Å². The molecule has 0 aliphatic carbocycles. The number of imidazole rings is 1. The normalized spacial score (nSPS) is 22.1. The Morgan fingerprint density at radius 2 is 2.05 bits per heavy atom. The van der Waals surface area contributed by atoms with E-state index in [-0.39, 0.29) is 18.0 Å². The lowest BCUT2D eigenvalue weighted by Gasteiger charge is -2.19. The van der Waals surface area contributed by atoms with Crippen LogP contribution in [0.3, 0.4) is 0 Å². The van der Waals surface area contributed by atoms with Crippen LogP contribution in [-0.4, -0.2) is 15.5 Å². The van der Waals surface area contributed by atoms with Crippen molar-refractivity contribution in [1.82, 2.24) is 14.9 Å². The quantitative estimate of drug-likeness (QED) is 0.691. The van der Waals surface area contributed by atoms with E-state index in [1.807, 2.05) is 30.3 Å². The summed E-state index contributed by atoms with van der Waals surface area (Å²) in [6.07, 6.45) is 0.886. The molecule has 2 unspecified atom stereocenters. The van der Waals surface area contributed by atoms with Gasteiger partial charge in [-0.2, -0.15) is 0 Å². The smallest absolute Gasteiger partial charge is 0.252 e. The number of fused-ring (bicyclic) bond motifs is 9. The first-order valence-corrected chi connectivity index (χ1v) is 7.61. The fraction of sp³-hybridized carbons (Fsp3) is 0.222. The van der Waals surface area contributed by atoms with Gasteiger partial charge in [0.05, 0.1) is 23.1 Å². The first-order chi connectivity index (χ1) is 10.7. The fourth-order valence-electron chi connectivity index (χ4n) is 4.00. The molecule has 0 fully saturated rings. The van der Waals surface area contributed by atoms with E-state index in [1.54, 1.807) is 0 Å². The van der Waals surface area contributed by atoms with Gasteiger partial charge in [-0.05, 0) is 42.7 Å². The molecule has 3 heterocycles. The van der Waals surface area contributed by atoms with Gasteiger partial charge in [0.15, 0.2) is 0 Å². The zero-order valence-electron chi connectivity index (χ0n) is 12.2. The van der Waals surface area contributed by atoms with Crippen molar-refractivity contribution in [1.29, 1.82) is 0 Å². The summed E-state index contributed by atoms with van der Waals surface area (Å²) in [7, 11) is 0. The minimum atomic E-state index is -0.00306. The van der Waals surface area contributed by atoms with Crippen molar-refractivity contribution < 1.29 is 4.79 Å². The van der Waals surface area contributed by atoms with Gasteiger partial charge in [-0.25, -0.2) is 4.98 Å². The molecule has 2 atom stereocenters. The summed E-state index contributed by atoms with van der Waals surface area (Å²) in [5, 5.41) is 3.15.